The summed E-state index contributed by atoms with van der Waals surface area (Å²) in [6.07, 6.45) is 1.65. The number of carbonyl (C=O) groups is 1. The van der Waals surface area contributed by atoms with Crippen LogP contribution >= 0.6 is 11.3 Å². The number of aromatic nitrogens is 3. The summed E-state index contributed by atoms with van der Waals surface area (Å²) in [5.41, 5.74) is 1.90. The summed E-state index contributed by atoms with van der Waals surface area (Å²) in [7, 11) is 0. The topological polar surface area (TPSA) is 71.0 Å². The Labute approximate surface area is 140 Å². The Hall–Kier alpha value is -2.02. The van der Waals surface area contributed by atoms with Crippen molar-refractivity contribution in [2.45, 2.75) is 33.6 Å². The predicted octanol–water partition coefficient (Wildman–Crippen LogP) is 2.71. The molecule has 0 bridgehead atoms. The van der Waals surface area contributed by atoms with E-state index in [1.165, 1.54) is 11.3 Å². The Kier molecular flexibility index (Phi) is 4.56. The van der Waals surface area contributed by atoms with E-state index in [0.29, 0.717) is 5.13 Å². The average Bonchev–Trinajstić information content (AvgIpc) is 2.86. The number of nitrogens with zero attached hydrogens (tertiary/aromatic N) is 4. The van der Waals surface area contributed by atoms with Gasteiger partial charge in [-0.15, -0.1) is 16.4 Å². The number of aryl methyl sites for hydroxylation is 3. The zero-order chi connectivity index (χ0) is 16.4. The van der Waals surface area contributed by atoms with Gasteiger partial charge in [-0.05, 0) is 45.7 Å². The van der Waals surface area contributed by atoms with E-state index in [-0.39, 0.29) is 11.8 Å². The molecule has 6 nitrogen and oxygen atoms in total. The maximum atomic E-state index is 12.4. The van der Waals surface area contributed by atoms with Crippen molar-refractivity contribution in [2.24, 2.45) is 5.92 Å². The highest BCUT2D eigenvalue weighted by Gasteiger charge is 2.26. The molecule has 7 heteroatoms. The number of anilines is 2. The van der Waals surface area contributed by atoms with E-state index >= 15 is 0 Å². The molecule has 122 valence electrons. The summed E-state index contributed by atoms with van der Waals surface area (Å²) < 4.78 is 0. The van der Waals surface area contributed by atoms with Gasteiger partial charge in [-0.2, -0.15) is 5.10 Å². The summed E-state index contributed by atoms with van der Waals surface area (Å²) in [5.74, 6) is 1.00. The molecule has 0 atom stereocenters. The van der Waals surface area contributed by atoms with Gasteiger partial charge < -0.3 is 10.2 Å². The van der Waals surface area contributed by atoms with E-state index in [1.54, 1.807) is 0 Å². The van der Waals surface area contributed by atoms with Crippen LogP contribution in [0.15, 0.2) is 12.1 Å². The van der Waals surface area contributed by atoms with Crippen molar-refractivity contribution in [1.29, 1.82) is 0 Å². The van der Waals surface area contributed by atoms with Crippen LogP contribution < -0.4 is 10.2 Å². The van der Waals surface area contributed by atoms with Gasteiger partial charge in [0.15, 0.2) is 10.9 Å². The fourth-order valence-electron chi connectivity index (χ4n) is 2.66. The van der Waals surface area contributed by atoms with Crippen LogP contribution in [-0.4, -0.2) is 34.2 Å². The third-order valence-corrected chi connectivity index (χ3v) is 5.22. The van der Waals surface area contributed by atoms with Gasteiger partial charge in [0.1, 0.15) is 0 Å². The van der Waals surface area contributed by atoms with Crippen molar-refractivity contribution in [3.05, 3.63) is 28.4 Å². The lowest BCUT2D eigenvalue weighted by Crippen LogP contribution is -2.38. The highest BCUT2D eigenvalue weighted by molar-refractivity contribution is 7.15. The fraction of sp³-hybridized carbons (Fsp3) is 0.500. The van der Waals surface area contributed by atoms with Crippen LogP contribution in [0.4, 0.5) is 10.9 Å². The maximum absolute atomic E-state index is 12.4. The van der Waals surface area contributed by atoms with E-state index in [0.717, 1.165) is 48.0 Å². The number of carbonyl (C=O) groups excluding carboxylic acids is 1. The van der Waals surface area contributed by atoms with Crippen LogP contribution in [0, 0.1) is 26.7 Å². The van der Waals surface area contributed by atoms with E-state index in [2.05, 4.69) is 25.4 Å². The molecule has 0 aromatic carbocycles. The lowest BCUT2D eigenvalue weighted by atomic mass is 9.96. The maximum Gasteiger partial charge on any atom is 0.229 e. The first-order valence-corrected chi connectivity index (χ1v) is 8.65. The van der Waals surface area contributed by atoms with Crippen molar-refractivity contribution in [2.75, 3.05) is 23.3 Å². The summed E-state index contributed by atoms with van der Waals surface area (Å²) in [6, 6.07) is 3.96. The molecule has 0 unspecified atom stereocenters. The third kappa shape index (κ3) is 3.67. The van der Waals surface area contributed by atoms with E-state index in [1.807, 2.05) is 32.9 Å². The molecule has 3 heterocycles. The van der Waals surface area contributed by atoms with Gasteiger partial charge in [-0.25, -0.2) is 4.98 Å². The summed E-state index contributed by atoms with van der Waals surface area (Å²) in [4.78, 5) is 20.1. The minimum absolute atomic E-state index is 0.0363. The second kappa shape index (κ2) is 6.62. The summed E-state index contributed by atoms with van der Waals surface area (Å²) in [6.45, 7) is 7.55. The number of piperidine rings is 1. The third-order valence-electron chi connectivity index (χ3n) is 4.23. The van der Waals surface area contributed by atoms with Crippen LogP contribution in [0.1, 0.15) is 29.1 Å². The molecule has 0 aliphatic carbocycles. The zero-order valence-corrected chi connectivity index (χ0v) is 14.5. The zero-order valence-electron chi connectivity index (χ0n) is 13.7. The molecule has 23 heavy (non-hydrogen) atoms. The molecule has 1 saturated heterocycles. The van der Waals surface area contributed by atoms with Gasteiger partial charge in [0.05, 0.1) is 11.4 Å². The number of amides is 1. The molecule has 0 saturated carbocycles. The van der Waals surface area contributed by atoms with Crippen LogP contribution in [0.2, 0.25) is 0 Å². The van der Waals surface area contributed by atoms with E-state index in [9.17, 15) is 4.79 Å². The Morgan fingerprint density at radius 2 is 1.96 bits per heavy atom. The molecular formula is C16H21N5OS. The highest BCUT2D eigenvalue weighted by Crippen LogP contribution is 2.25. The van der Waals surface area contributed by atoms with Crippen molar-refractivity contribution >= 4 is 28.2 Å². The lowest BCUT2D eigenvalue weighted by molar-refractivity contribution is -0.120. The van der Waals surface area contributed by atoms with Crippen LogP contribution in [0.3, 0.4) is 0 Å². The lowest BCUT2D eigenvalue weighted by Gasteiger charge is -2.31. The number of hydrogen-bond donors (Lipinski definition) is 1. The molecule has 1 amide bonds. The molecule has 2 aromatic heterocycles. The van der Waals surface area contributed by atoms with E-state index in [4.69, 9.17) is 0 Å². The van der Waals surface area contributed by atoms with Crippen LogP contribution in [0.25, 0.3) is 0 Å². The van der Waals surface area contributed by atoms with Crippen molar-refractivity contribution in [3.63, 3.8) is 0 Å². The molecule has 1 fully saturated rings. The monoisotopic (exact) mass is 331 g/mol. The second-order valence-electron chi connectivity index (χ2n) is 5.94. The number of hydrogen-bond acceptors (Lipinski definition) is 6. The minimum Gasteiger partial charge on any atom is -0.355 e. The van der Waals surface area contributed by atoms with Crippen LogP contribution in [0.5, 0.6) is 0 Å². The van der Waals surface area contributed by atoms with Gasteiger partial charge in [0.2, 0.25) is 5.91 Å². The smallest absolute Gasteiger partial charge is 0.229 e. The molecule has 0 radical (unpaired) electrons. The van der Waals surface area contributed by atoms with Gasteiger partial charge in [0, 0.05) is 23.9 Å². The Bertz CT molecular complexity index is 669. The highest BCUT2D eigenvalue weighted by atomic mass is 32.1. The molecule has 3 rings (SSSR count). The molecule has 0 spiro atoms. The second-order valence-corrected chi connectivity index (χ2v) is 7.15. The minimum atomic E-state index is 0.0363. The largest absolute Gasteiger partial charge is 0.355 e. The number of thiazole rings is 1. The van der Waals surface area contributed by atoms with Gasteiger partial charge in [0.25, 0.3) is 0 Å². The van der Waals surface area contributed by atoms with Gasteiger partial charge in [-0.3, -0.25) is 4.79 Å². The van der Waals surface area contributed by atoms with Crippen molar-refractivity contribution in [1.82, 2.24) is 15.2 Å². The molecule has 1 aliphatic rings. The predicted molar refractivity (Wildman–Crippen MR) is 91.9 cm³/mol. The Balaban J connectivity index is 1.55. The fourth-order valence-corrected chi connectivity index (χ4v) is 3.48. The van der Waals surface area contributed by atoms with Crippen molar-refractivity contribution < 1.29 is 4.79 Å². The van der Waals surface area contributed by atoms with Gasteiger partial charge >= 0.3 is 0 Å². The normalized spacial score (nSPS) is 15.7. The quantitative estimate of drug-likeness (QED) is 0.936. The molecule has 1 aliphatic heterocycles. The molecule has 2 aromatic rings. The van der Waals surface area contributed by atoms with Crippen LogP contribution in [-0.2, 0) is 4.79 Å². The number of nitrogens with one attached hydrogen (secondary N) is 1. The standard InChI is InChI=1S/C16H21N5OS/c1-10-4-5-14(20-19-10)21-8-6-13(7-9-21)15(22)18-16-17-11(2)12(3)23-16/h4-5,13H,6-9H2,1-3H3,(H,17,18,22). The Morgan fingerprint density at radius 1 is 1.22 bits per heavy atom. The SMILES string of the molecule is Cc1ccc(N2CCC(C(=O)Nc3nc(C)c(C)s3)CC2)nn1. The summed E-state index contributed by atoms with van der Waals surface area (Å²) >= 11 is 1.53. The first kappa shape index (κ1) is 15.9. The van der Waals surface area contributed by atoms with Gasteiger partial charge in [-0.1, -0.05) is 0 Å². The summed E-state index contributed by atoms with van der Waals surface area (Å²) in [5, 5.41) is 12.0. The molecular weight excluding hydrogens is 310 g/mol. The van der Waals surface area contributed by atoms with Crippen molar-refractivity contribution in [3.8, 4) is 0 Å². The molecule has 1 N–H and O–H groups in total. The first-order valence-electron chi connectivity index (χ1n) is 7.83. The first-order chi connectivity index (χ1) is 11.0. The average molecular weight is 331 g/mol. The number of rotatable bonds is 3. The Morgan fingerprint density at radius 3 is 2.52 bits per heavy atom. The van der Waals surface area contributed by atoms with E-state index < -0.39 is 0 Å².